The Kier molecular flexibility index (Phi) is 1.53. The first-order chi connectivity index (χ1) is 4.68. The molecule has 0 aliphatic rings. The van der Waals surface area contributed by atoms with Gasteiger partial charge in [0.25, 0.3) is 0 Å². The van der Waals surface area contributed by atoms with Crippen LogP contribution in [0.25, 0.3) is 0 Å². The maximum absolute atomic E-state index is 12.0. The van der Waals surface area contributed by atoms with Gasteiger partial charge < -0.3 is 5.11 Å². The zero-order valence-corrected chi connectivity index (χ0v) is 4.76. The highest BCUT2D eigenvalue weighted by atomic mass is 19.1. The molecule has 1 amide bonds. The van der Waals surface area contributed by atoms with Crippen LogP contribution in [0.5, 0.6) is 0 Å². The van der Waals surface area contributed by atoms with Gasteiger partial charge in [0, 0.05) is 6.07 Å². The minimum absolute atomic E-state index is 0.0509. The average molecular weight is 145 g/mol. The Bertz CT molecular complexity index is 246. The molecule has 0 unspecified atom stereocenters. The molecule has 10 heavy (non-hydrogen) atoms. The van der Waals surface area contributed by atoms with Crippen molar-refractivity contribution in [1.82, 2.24) is 10.2 Å². The summed E-state index contributed by atoms with van der Waals surface area (Å²) in [5.41, 5.74) is 0. The second kappa shape index (κ2) is 2.34. The van der Waals surface area contributed by atoms with E-state index in [2.05, 4.69) is 5.10 Å². The third-order valence-electron chi connectivity index (χ3n) is 0.782. The van der Waals surface area contributed by atoms with Crippen LogP contribution in [0.1, 0.15) is 0 Å². The number of halogens is 1. The van der Waals surface area contributed by atoms with Gasteiger partial charge in [-0.15, -0.1) is 0 Å². The lowest BCUT2D eigenvalue weighted by Gasteiger charge is -1.89. The highest BCUT2D eigenvalue weighted by molar-refractivity contribution is 5.81. The van der Waals surface area contributed by atoms with Gasteiger partial charge >= 0.3 is 6.09 Å². The van der Waals surface area contributed by atoms with Gasteiger partial charge in [0.05, 0.1) is 0 Å². The molecule has 54 valence electrons. The summed E-state index contributed by atoms with van der Waals surface area (Å²) >= 11 is 0. The molecule has 0 spiro atoms. The van der Waals surface area contributed by atoms with Gasteiger partial charge in [0.2, 0.25) is 5.95 Å². The third-order valence-corrected chi connectivity index (χ3v) is 0.782. The average Bonchev–Trinajstić information content (AvgIpc) is 2.13. The lowest BCUT2D eigenvalue weighted by molar-refractivity contribution is 0.209. The number of carboxylic acid groups (broad SMARTS) is 1. The Morgan fingerprint density at radius 2 is 2.60 bits per heavy atom. The summed E-state index contributed by atoms with van der Waals surface area (Å²) in [6, 6.07) is 0.939. The summed E-state index contributed by atoms with van der Waals surface area (Å²) in [4.78, 5) is 9.89. The number of amides is 1. The van der Waals surface area contributed by atoms with Crippen LogP contribution >= 0.6 is 0 Å². The number of H-pyrrole nitrogens is 1. The van der Waals surface area contributed by atoms with Crippen LogP contribution in [0.3, 0.4) is 0 Å². The first-order valence-corrected chi connectivity index (χ1v) is 2.39. The quantitative estimate of drug-likeness (QED) is 0.542. The van der Waals surface area contributed by atoms with Crippen molar-refractivity contribution in [3.05, 3.63) is 12.0 Å². The minimum atomic E-state index is -1.27. The van der Waals surface area contributed by atoms with E-state index in [9.17, 15) is 9.18 Å². The fourth-order valence-corrected chi connectivity index (χ4v) is 0.472. The van der Waals surface area contributed by atoms with Crippen LogP contribution in [0.4, 0.5) is 15.0 Å². The number of anilines is 1. The predicted octanol–water partition coefficient (Wildman–Crippen LogP) is 0.639. The molecule has 0 aliphatic heterocycles. The second-order valence-corrected chi connectivity index (χ2v) is 1.53. The molecule has 6 heteroatoms. The highest BCUT2D eigenvalue weighted by Crippen LogP contribution is 2.01. The number of hydrogen-bond donors (Lipinski definition) is 3. The van der Waals surface area contributed by atoms with Crippen LogP contribution in [0, 0.1) is 5.95 Å². The van der Waals surface area contributed by atoms with Gasteiger partial charge in [0.15, 0.2) is 5.82 Å². The molecule has 0 aliphatic carbocycles. The molecule has 1 aromatic rings. The Balaban J connectivity index is 2.67. The van der Waals surface area contributed by atoms with Crippen LogP contribution in [-0.2, 0) is 0 Å². The molecular weight excluding hydrogens is 141 g/mol. The zero-order chi connectivity index (χ0) is 7.56. The van der Waals surface area contributed by atoms with Gasteiger partial charge in [0.1, 0.15) is 0 Å². The lowest BCUT2D eigenvalue weighted by Crippen LogP contribution is -2.07. The monoisotopic (exact) mass is 145 g/mol. The van der Waals surface area contributed by atoms with Crippen LogP contribution in [0.2, 0.25) is 0 Å². The van der Waals surface area contributed by atoms with E-state index in [0.29, 0.717) is 0 Å². The van der Waals surface area contributed by atoms with E-state index in [-0.39, 0.29) is 5.82 Å². The van der Waals surface area contributed by atoms with Crippen molar-refractivity contribution in [2.24, 2.45) is 0 Å². The largest absolute Gasteiger partial charge is 0.465 e. The maximum Gasteiger partial charge on any atom is 0.410 e. The third kappa shape index (κ3) is 1.44. The smallest absolute Gasteiger partial charge is 0.410 e. The normalized spacial score (nSPS) is 9.30. The number of carbonyl (C=O) groups is 1. The number of hydrogen-bond acceptors (Lipinski definition) is 2. The van der Waals surface area contributed by atoms with E-state index in [4.69, 9.17) is 5.11 Å². The standard InChI is InChI=1S/C4H4FN3O2/c5-2-1-3(8-7-2)6-4(9)10/h1H,(H,9,10)(H2,6,7,8). The molecule has 0 fully saturated rings. The summed E-state index contributed by atoms with van der Waals surface area (Å²) in [6.07, 6.45) is -1.27. The van der Waals surface area contributed by atoms with Crippen molar-refractivity contribution < 1.29 is 14.3 Å². The molecule has 0 aromatic carbocycles. The molecule has 1 aromatic heterocycles. The molecule has 1 heterocycles. The Morgan fingerprint density at radius 3 is 3.00 bits per heavy atom. The molecule has 0 bridgehead atoms. The molecule has 1 rings (SSSR count). The Hall–Kier alpha value is -1.59. The molecule has 5 nitrogen and oxygen atoms in total. The molecular formula is C4H4FN3O2. The maximum atomic E-state index is 12.0. The fraction of sp³-hybridized carbons (Fsp3) is 0. The first-order valence-electron chi connectivity index (χ1n) is 2.39. The predicted molar refractivity (Wildman–Crippen MR) is 30.2 cm³/mol. The van der Waals surface area contributed by atoms with E-state index < -0.39 is 12.0 Å². The number of nitrogens with zero attached hydrogens (tertiary/aromatic N) is 1. The van der Waals surface area contributed by atoms with Gasteiger partial charge in [-0.05, 0) is 0 Å². The van der Waals surface area contributed by atoms with Crippen molar-refractivity contribution in [2.45, 2.75) is 0 Å². The molecule has 0 saturated carbocycles. The molecule has 0 saturated heterocycles. The summed E-state index contributed by atoms with van der Waals surface area (Å²) in [5.74, 6) is -0.728. The Morgan fingerprint density at radius 1 is 1.90 bits per heavy atom. The lowest BCUT2D eigenvalue weighted by atomic mass is 10.6. The van der Waals surface area contributed by atoms with Gasteiger partial charge in [-0.1, -0.05) is 0 Å². The van der Waals surface area contributed by atoms with Crippen LogP contribution < -0.4 is 5.32 Å². The van der Waals surface area contributed by atoms with Crippen molar-refractivity contribution in [3.63, 3.8) is 0 Å². The van der Waals surface area contributed by atoms with Crippen molar-refractivity contribution >= 4 is 11.9 Å². The topological polar surface area (TPSA) is 78.0 Å². The van der Waals surface area contributed by atoms with E-state index >= 15 is 0 Å². The molecule has 3 N–H and O–H groups in total. The van der Waals surface area contributed by atoms with Crippen LogP contribution in [0.15, 0.2) is 6.07 Å². The number of aromatic nitrogens is 2. The summed E-state index contributed by atoms with van der Waals surface area (Å²) in [5, 5.41) is 15.1. The molecule has 0 atom stereocenters. The van der Waals surface area contributed by atoms with E-state index in [1.807, 2.05) is 10.4 Å². The van der Waals surface area contributed by atoms with Crippen LogP contribution in [-0.4, -0.2) is 21.4 Å². The summed E-state index contributed by atoms with van der Waals surface area (Å²) in [7, 11) is 0. The number of aromatic amines is 1. The Labute approximate surface area is 54.9 Å². The minimum Gasteiger partial charge on any atom is -0.465 e. The summed E-state index contributed by atoms with van der Waals surface area (Å²) < 4.78 is 12.0. The number of nitrogens with one attached hydrogen (secondary N) is 2. The van der Waals surface area contributed by atoms with Gasteiger partial charge in [-0.3, -0.25) is 10.4 Å². The number of rotatable bonds is 1. The van der Waals surface area contributed by atoms with Crippen molar-refractivity contribution in [2.75, 3.05) is 5.32 Å². The van der Waals surface area contributed by atoms with E-state index in [1.165, 1.54) is 0 Å². The summed E-state index contributed by atoms with van der Waals surface area (Å²) in [6.45, 7) is 0. The van der Waals surface area contributed by atoms with Crippen molar-refractivity contribution in [3.8, 4) is 0 Å². The molecule has 0 radical (unpaired) electrons. The van der Waals surface area contributed by atoms with E-state index in [0.717, 1.165) is 6.07 Å². The van der Waals surface area contributed by atoms with E-state index in [1.54, 1.807) is 0 Å². The SMILES string of the molecule is O=C(O)Nc1cc(F)[nH]n1. The van der Waals surface area contributed by atoms with Gasteiger partial charge in [-0.25, -0.2) is 4.79 Å². The van der Waals surface area contributed by atoms with Gasteiger partial charge in [-0.2, -0.15) is 9.49 Å². The fourth-order valence-electron chi connectivity index (χ4n) is 0.472. The first kappa shape index (κ1) is 6.53. The zero-order valence-electron chi connectivity index (χ0n) is 4.76. The van der Waals surface area contributed by atoms with Crippen molar-refractivity contribution in [1.29, 1.82) is 0 Å². The highest BCUT2D eigenvalue weighted by Gasteiger charge is 2.01. The second-order valence-electron chi connectivity index (χ2n) is 1.53.